The molecule has 1 unspecified atom stereocenters. The summed E-state index contributed by atoms with van der Waals surface area (Å²) >= 11 is -2.05. The lowest BCUT2D eigenvalue weighted by atomic mass is 10.0. The van der Waals surface area contributed by atoms with E-state index in [0.717, 1.165) is 10.5 Å². The van der Waals surface area contributed by atoms with Crippen LogP contribution in [0.15, 0.2) is 37.0 Å². The molecule has 13 heteroatoms. The Hall–Kier alpha value is -3.92. The highest BCUT2D eigenvalue weighted by Crippen LogP contribution is 2.40. The topological polar surface area (TPSA) is 164 Å². The quantitative estimate of drug-likeness (QED) is 0.564. The van der Waals surface area contributed by atoms with Gasteiger partial charge in [0.1, 0.15) is 30.1 Å². The van der Waals surface area contributed by atoms with Gasteiger partial charge in [0.15, 0.2) is 17.3 Å². The highest BCUT2D eigenvalue weighted by molar-refractivity contribution is 7.85. The number of ether oxygens (including phenoxy) is 1. The third kappa shape index (κ3) is 4.37. The molecule has 11 nitrogen and oxygen atoms in total. The summed E-state index contributed by atoms with van der Waals surface area (Å²) in [5.41, 5.74) is 4.78. The Morgan fingerprint density at radius 3 is 2.76 bits per heavy atom. The van der Waals surface area contributed by atoms with Gasteiger partial charge in [-0.3, -0.25) is 18.8 Å². The molecule has 0 radical (unpaired) electrons. The van der Waals surface area contributed by atoms with Gasteiger partial charge in [0.2, 0.25) is 11.2 Å². The Kier molecular flexibility index (Phi) is 5.77. The van der Waals surface area contributed by atoms with E-state index in [1.807, 2.05) is 0 Å². The van der Waals surface area contributed by atoms with Gasteiger partial charge in [0.25, 0.3) is 5.91 Å². The largest absolute Gasteiger partial charge is 0.519 e. The molecule has 0 spiro atoms. The van der Waals surface area contributed by atoms with Crippen molar-refractivity contribution in [3.8, 4) is 11.8 Å². The van der Waals surface area contributed by atoms with Gasteiger partial charge in [0.05, 0.1) is 6.07 Å². The van der Waals surface area contributed by atoms with Gasteiger partial charge in [-0.25, -0.2) is 13.4 Å². The molecule has 4 rings (SSSR count). The summed E-state index contributed by atoms with van der Waals surface area (Å²) in [6.45, 7) is 0.839. The van der Waals surface area contributed by atoms with Crippen LogP contribution in [0.3, 0.4) is 0 Å². The maximum absolute atomic E-state index is 15.7. The Morgan fingerprint density at radius 2 is 2.21 bits per heavy atom. The van der Waals surface area contributed by atoms with Crippen molar-refractivity contribution < 1.29 is 27.0 Å². The summed E-state index contributed by atoms with van der Waals surface area (Å²) in [5.74, 6) is -2.13. The van der Waals surface area contributed by atoms with Crippen LogP contribution >= 0.6 is 0 Å². The Morgan fingerprint density at radius 1 is 1.45 bits per heavy atom. The number of amides is 1. The summed E-state index contributed by atoms with van der Waals surface area (Å²) in [6, 6.07) is 4.87. The van der Waals surface area contributed by atoms with Crippen LogP contribution in [0.5, 0.6) is 5.75 Å². The highest BCUT2D eigenvalue weighted by atomic mass is 32.2. The number of carbonyl (C=O) groups excluding carboxylic acids is 1. The molecule has 0 bridgehead atoms. The maximum Gasteiger partial charge on any atom is 0.519 e. The number of anilines is 1. The number of rotatable bonds is 7. The number of nitrogens with two attached hydrogens (primary N) is 1. The molecule has 1 saturated heterocycles. The van der Waals surface area contributed by atoms with Crippen molar-refractivity contribution in [3.05, 3.63) is 51.9 Å². The smallest absolute Gasteiger partial charge is 0.483 e. The number of nitrogens with zero attached hydrogens (tertiary/aromatic N) is 3. The molecule has 2 aromatic rings. The zero-order chi connectivity index (χ0) is 23.8. The van der Waals surface area contributed by atoms with Gasteiger partial charge in [-0.1, -0.05) is 0 Å². The van der Waals surface area contributed by atoms with E-state index in [2.05, 4.69) is 15.8 Å². The minimum Gasteiger partial charge on any atom is -0.483 e. The molecule has 1 aliphatic carbocycles. The summed E-state index contributed by atoms with van der Waals surface area (Å²) in [4.78, 5) is 27.2. The predicted octanol–water partition coefficient (Wildman–Crippen LogP) is 1.20. The highest BCUT2D eigenvalue weighted by Gasteiger charge is 2.42. The number of aryl methyl sites for hydroxylation is 1. The average molecular weight is 475 g/mol. The van der Waals surface area contributed by atoms with Crippen molar-refractivity contribution in [1.82, 2.24) is 4.72 Å². The summed E-state index contributed by atoms with van der Waals surface area (Å²) < 4.78 is 46.6. The predicted molar refractivity (Wildman–Crippen MR) is 115 cm³/mol. The molecule has 172 valence electrons. The molecule has 1 saturated carbocycles. The number of allylic oxidation sites excluding steroid dienone is 1. The fourth-order valence-electron chi connectivity index (χ4n) is 3.09. The van der Waals surface area contributed by atoms with E-state index in [1.165, 1.54) is 25.3 Å². The third-order valence-corrected chi connectivity index (χ3v) is 6.20. The minimum absolute atomic E-state index is 0.000266. The molecule has 2 aliphatic rings. The van der Waals surface area contributed by atoms with E-state index < -0.39 is 34.3 Å². The number of halogens is 1. The first-order chi connectivity index (χ1) is 15.8. The molecule has 1 aromatic carbocycles. The van der Waals surface area contributed by atoms with Crippen LogP contribution in [0.25, 0.3) is 5.57 Å². The second-order valence-corrected chi connectivity index (χ2v) is 8.47. The van der Waals surface area contributed by atoms with Crippen molar-refractivity contribution in [1.29, 1.82) is 5.26 Å². The Labute approximate surface area is 189 Å². The standard InChI is InChI=1S/C20H18FN5O6S/c1-11-15(32-19(28)31-11)9-30-14-3-2-13(12(6-22)7-24-20(10-23)4-5-20)17(21)18(14)26-8-16(27)25-33(26)29/h2-3,6-7H,4-5,8-9,22H2,1H3,(H,25,27)/b12-6+,24-7?. The molecule has 1 atom stereocenters. The van der Waals surface area contributed by atoms with E-state index in [0.29, 0.717) is 12.8 Å². The molecule has 1 aromatic heterocycles. The summed E-state index contributed by atoms with van der Waals surface area (Å²) in [5, 5.41) is 9.20. The van der Waals surface area contributed by atoms with Crippen LogP contribution in [0, 0.1) is 24.1 Å². The van der Waals surface area contributed by atoms with Crippen molar-refractivity contribution in [2.75, 3.05) is 10.8 Å². The van der Waals surface area contributed by atoms with Crippen LogP contribution in [0.1, 0.15) is 29.9 Å². The fraction of sp³-hybridized carbons (Fsp3) is 0.300. The molecule has 3 N–H and O–H groups in total. The molecule has 1 aliphatic heterocycles. The number of aliphatic imine (C=N–C) groups is 1. The zero-order valence-electron chi connectivity index (χ0n) is 17.3. The lowest BCUT2D eigenvalue weighted by molar-refractivity contribution is -0.117. The van der Waals surface area contributed by atoms with Crippen molar-refractivity contribution in [2.24, 2.45) is 10.7 Å². The van der Waals surface area contributed by atoms with Crippen molar-refractivity contribution in [3.63, 3.8) is 0 Å². The number of carbonyl (C=O) groups is 1. The molecule has 33 heavy (non-hydrogen) atoms. The van der Waals surface area contributed by atoms with Crippen molar-refractivity contribution >= 4 is 34.6 Å². The van der Waals surface area contributed by atoms with Gasteiger partial charge >= 0.3 is 5.82 Å². The van der Waals surface area contributed by atoms with Crippen LogP contribution in [0.4, 0.5) is 10.1 Å². The average Bonchev–Trinajstić information content (AvgIpc) is 3.39. The molecule has 2 heterocycles. The number of benzene rings is 1. The van der Waals surface area contributed by atoms with Crippen LogP contribution in [-0.4, -0.2) is 28.4 Å². The van der Waals surface area contributed by atoms with Crippen molar-refractivity contribution in [2.45, 2.75) is 31.9 Å². The molecular weight excluding hydrogens is 457 g/mol. The monoisotopic (exact) mass is 475 g/mol. The lowest BCUT2D eigenvalue weighted by Gasteiger charge is -2.20. The second kappa shape index (κ2) is 8.55. The van der Waals surface area contributed by atoms with Gasteiger partial charge in [-0.05, 0) is 31.9 Å². The number of nitrogens with one attached hydrogen (secondary N) is 1. The number of nitriles is 1. The first kappa shape index (κ1) is 22.3. The molecule has 2 fully saturated rings. The van der Waals surface area contributed by atoms with Gasteiger partial charge in [0, 0.05) is 23.6 Å². The summed E-state index contributed by atoms with van der Waals surface area (Å²) in [7, 11) is 0. The second-order valence-electron chi connectivity index (χ2n) is 7.33. The van der Waals surface area contributed by atoms with Crippen LogP contribution < -0.4 is 25.3 Å². The first-order valence-corrected chi connectivity index (χ1v) is 10.8. The SMILES string of the molecule is Cc1oc(=O)oc1COc1ccc(/C(C=NC2(C#N)CC2)=C/N)c(F)c1N1CC(=O)NS1=O. The first-order valence-electron chi connectivity index (χ1n) is 9.69. The minimum atomic E-state index is -2.05. The van der Waals surface area contributed by atoms with E-state index in [1.54, 1.807) is 0 Å². The third-order valence-electron chi connectivity index (χ3n) is 5.08. The number of hydrogen-bond donors (Lipinski definition) is 2. The van der Waals surface area contributed by atoms with E-state index >= 15 is 4.39 Å². The van der Waals surface area contributed by atoms with Crippen LogP contribution in [-0.2, 0) is 22.6 Å². The Bertz CT molecular complexity index is 1300. The Balaban J connectivity index is 1.73. The lowest BCUT2D eigenvalue weighted by Crippen LogP contribution is -2.24. The molecular formula is C20H18FN5O6S. The van der Waals surface area contributed by atoms with E-state index in [4.69, 9.17) is 19.3 Å². The fourth-order valence-corrected chi connectivity index (χ4v) is 4.03. The molecule has 1 amide bonds. The van der Waals surface area contributed by atoms with Gasteiger partial charge in [-0.2, -0.15) is 5.26 Å². The summed E-state index contributed by atoms with van der Waals surface area (Å²) in [6.07, 6.45) is 3.64. The zero-order valence-corrected chi connectivity index (χ0v) is 18.1. The van der Waals surface area contributed by atoms with Crippen LogP contribution in [0.2, 0.25) is 0 Å². The van der Waals surface area contributed by atoms with Gasteiger partial charge in [-0.15, -0.1) is 0 Å². The normalized spacial score (nSPS) is 19.5. The van der Waals surface area contributed by atoms with E-state index in [-0.39, 0.29) is 47.2 Å². The maximum atomic E-state index is 15.7. The van der Waals surface area contributed by atoms with Gasteiger partial charge < -0.3 is 19.3 Å². The number of hydrogen-bond acceptors (Lipinski definition) is 9. The van der Waals surface area contributed by atoms with E-state index in [9.17, 15) is 19.1 Å².